The van der Waals surface area contributed by atoms with Crippen LogP contribution in [-0.4, -0.2) is 29.1 Å². The highest BCUT2D eigenvalue weighted by atomic mass is 32.2. The lowest BCUT2D eigenvalue weighted by Crippen LogP contribution is -2.12. The van der Waals surface area contributed by atoms with Crippen LogP contribution in [0, 0.1) is 0 Å². The fraction of sp³-hybridized carbons (Fsp3) is 0.250. The minimum absolute atomic E-state index is 0.0424. The molecule has 0 fully saturated rings. The molecule has 130 valence electrons. The molecule has 2 aromatic rings. The van der Waals surface area contributed by atoms with Gasteiger partial charge in [-0.1, -0.05) is 31.2 Å². The van der Waals surface area contributed by atoms with Crippen LogP contribution in [0.5, 0.6) is 0 Å². The minimum atomic E-state index is -3.69. The van der Waals surface area contributed by atoms with E-state index in [2.05, 4.69) is 5.32 Å². The summed E-state index contributed by atoms with van der Waals surface area (Å²) in [7, 11) is -6.98. The molecule has 0 saturated carbocycles. The second-order valence-corrected chi connectivity index (χ2v) is 9.07. The van der Waals surface area contributed by atoms with Gasteiger partial charge >= 0.3 is 0 Å². The van der Waals surface area contributed by atoms with E-state index in [4.69, 9.17) is 5.14 Å². The van der Waals surface area contributed by atoms with Crippen LogP contribution < -0.4 is 10.5 Å². The molecule has 0 aliphatic heterocycles. The summed E-state index contributed by atoms with van der Waals surface area (Å²) in [5.41, 5.74) is 1.49. The van der Waals surface area contributed by atoms with E-state index < -0.39 is 19.9 Å². The molecular weight excluding hydrogens is 348 g/mol. The largest absolute Gasteiger partial charge is 0.384 e. The average molecular weight is 368 g/mol. The first-order valence-electron chi connectivity index (χ1n) is 7.41. The number of sulfone groups is 1. The van der Waals surface area contributed by atoms with Gasteiger partial charge in [-0.25, -0.2) is 22.0 Å². The molecule has 0 saturated heterocycles. The lowest BCUT2D eigenvalue weighted by Gasteiger charge is -2.12. The van der Waals surface area contributed by atoms with Crippen LogP contribution in [0.4, 0.5) is 5.69 Å². The Morgan fingerprint density at radius 1 is 0.958 bits per heavy atom. The number of para-hydroxylation sites is 1. The van der Waals surface area contributed by atoms with Crippen molar-refractivity contribution in [2.24, 2.45) is 5.14 Å². The molecule has 24 heavy (non-hydrogen) atoms. The quantitative estimate of drug-likeness (QED) is 0.775. The Hall–Kier alpha value is -1.90. The van der Waals surface area contributed by atoms with E-state index in [-0.39, 0.29) is 15.5 Å². The van der Waals surface area contributed by atoms with Crippen molar-refractivity contribution in [1.29, 1.82) is 0 Å². The van der Waals surface area contributed by atoms with Gasteiger partial charge in [0.05, 0.1) is 21.2 Å². The Kier molecular flexibility index (Phi) is 5.63. The number of hydrogen-bond donors (Lipinski definition) is 2. The van der Waals surface area contributed by atoms with Gasteiger partial charge in [-0.2, -0.15) is 0 Å². The van der Waals surface area contributed by atoms with E-state index in [1.807, 2.05) is 0 Å². The topological polar surface area (TPSA) is 106 Å². The fourth-order valence-electron chi connectivity index (χ4n) is 2.23. The highest BCUT2D eigenvalue weighted by molar-refractivity contribution is 7.91. The molecule has 8 heteroatoms. The molecule has 0 atom stereocenters. The first kappa shape index (κ1) is 18.4. The van der Waals surface area contributed by atoms with E-state index in [1.165, 1.54) is 12.1 Å². The molecule has 0 heterocycles. The number of hydrogen-bond acceptors (Lipinski definition) is 5. The second kappa shape index (κ2) is 7.33. The Labute approximate surface area is 142 Å². The third-order valence-corrected chi connectivity index (χ3v) is 6.30. The lowest BCUT2D eigenvalue weighted by atomic mass is 10.1. The maximum Gasteiger partial charge on any atom is 0.238 e. The third kappa shape index (κ3) is 4.56. The van der Waals surface area contributed by atoms with Crippen LogP contribution in [0.1, 0.15) is 12.5 Å². The van der Waals surface area contributed by atoms with E-state index in [0.29, 0.717) is 18.7 Å². The highest BCUT2D eigenvalue weighted by Gasteiger charge is 2.15. The van der Waals surface area contributed by atoms with Crippen LogP contribution in [0.15, 0.2) is 58.3 Å². The smallest absolute Gasteiger partial charge is 0.238 e. The van der Waals surface area contributed by atoms with Crippen LogP contribution in [-0.2, 0) is 26.3 Å². The van der Waals surface area contributed by atoms with Crippen molar-refractivity contribution < 1.29 is 16.8 Å². The molecule has 0 amide bonds. The molecule has 0 aromatic heterocycles. The maximum atomic E-state index is 12.1. The van der Waals surface area contributed by atoms with Gasteiger partial charge in [0, 0.05) is 6.54 Å². The summed E-state index contributed by atoms with van der Waals surface area (Å²) in [5, 5.41) is 8.18. The summed E-state index contributed by atoms with van der Waals surface area (Å²) in [4.78, 5) is 0.357. The van der Waals surface area contributed by atoms with Crippen molar-refractivity contribution in [2.45, 2.75) is 23.1 Å². The predicted octanol–water partition coefficient (Wildman–Crippen LogP) is 1.78. The monoisotopic (exact) mass is 368 g/mol. The third-order valence-electron chi connectivity index (χ3n) is 3.58. The second-order valence-electron chi connectivity index (χ2n) is 5.27. The van der Waals surface area contributed by atoms with Crippen molar-refractivity contribution in [1.82, 2.24) is 0 Å². The van der Waals surface area contributed by atoms with E-state index >= 15 is 0 Å². The molecule has 2 aromatic carbocycles. The van der Waals surface area contributed by atoms with E-state index in [0.717, 1.165) is 5.56 Å². The summed E-state index contributed by atoms with van der Waals surface area (Å²) >= 11 is 0. The minimum Gasteiger partial charge on any atom is -0.384 e. The zero-order valence-electron chi connectivity index (χ0n) is 13.3. The Balaban J connectivity index is 2.05. The van der Waals surface area contributed by atoms with Gasteiger partial charge in [0.2, 0.25) is 10.0 Å². The predicted molar refractivity (Wildman–Crippen MR) is 94.2 cm³/mol. The Bertz CT molecular complexity index is 905. The van der Waals surface area contributed by atoms with Crippen LogP contribution in [0.25, 0.3) is 0 Å². The number of benzene rings is 2. The van der Waals surface area contributed by atoms with Crippen molar-refractivity contribution in [3.8, 4) is 0 Å². The van der Waals surface area contributed by atoms with Gasteiger partial charge in [-0.05, 0) is 36.2 Å². The molecule has 2 rings (SSSR count). The molecule has 0 radical (unpaired) electrons. The van der Waals surface area contributed by atoms with Crippen molar-refractivity contribution >= 4 is 25.5 Å². The van der Waals surface area contributed by atoms with Gasteiger partial charge in [-0.15, -0.1) is 0 Å². The zero-order valence-corrected chi connectivity index (χ0v) is 14.9. The standard InChI is InChI=1S/C16H20N2O4S2/c1-2-23(19,20)16-6-4-3-5-15(16)18-12-11-13-7-9-14(10-8-13)24(17,21)22/h3-10,18H,2,11-12H2,1H3,(H2,17,21,22). The number of primary sulfonamides is 1. The van der Waals surface area contributed by atoms with Crippen LogP contribution >= 0.6 is 0 Å². The van der Waals surface area contributed by atoms with Gasteiger partial charge in [-0.3, -0.25) is 0 Å². The molecule has 3 N–H and O–H groups in total. The number of rotatable bonds is 7. The van der Waals surface area contributed by atoms with E-state index in [1.54, 1.807) is 43.3 Å². The summed E-state index contributed by atoms with van der Waals surface area (Å²) in [5.74, 6) is 0.0424. The molecule has 0 spiro atoms. The number of anilines is 1. The molecule has 0 bridgehead atoms. The number of sulfonamides is 1. The first-order chi connectivity index (χ1) is 11.2. The summed E-state index contributed by atoms with van der Waals surface area (Å²) in [6.07, 6.45) is 0.616. The van der Waals surface area contributed by atoms with Crippen molar-refractivity contribution in [2.75, 3.05) is 17.6 Å². The van der Waals surface area contributed by atoms with E-state index in [9.17, 15) is 16.8 Å². The Morgan fingerprint density at radius 2 is 1.58 bits per heavy atom. The van der Waals surface area contributed by atoms with Crippen molar-refractivity contribution in [3.05, 3.63) is 54.1 Å². The molecular formula is C16H20N2O4S2. The summed E-state index contributed by atoms with van der Waals surface area (Å²) in [6, 6.07) is 13.1. The maximum absolute atomic E-state index is 12.1. The SMILES string of the molecule is CCS(=O)(=O)c1ccccc1NCCc1ccc(S(N)(=O)=O)cc1. The van der Waals surface area contributed by atoms with Gasteiger partial charge in [0.25, 0.3) is 0 Å². The number of nitrogens with one attached hydrogen (secondary N) is 1. The fourth-order valence-corrected chi connectivity index (χ4v) is 3.81. The van der Waals surface area contributed by atoms with Crippen LogP contribution in [0.2, 0.25) is 0 Å². The normalized spacial score (nSPS) is 12.1. The van der Waals surface area contributed by atoms with Crippen LogP contribution in [0.3, 0.4) is 0 Å². The van der Waals surface area contributed by atoms with Gasteiger partial charge in [0.15, 0.2) is 9.84 Å². The highest BCUT2D eigenvalue weighted by Crippen LogP contribution is 2.22. The number of nitrogens with two attached hydrogens (primary N) is 1. The average Bonchev–Trinajstić information content (AvgIpc) is 2.55. The molecule has 0 aliphatic carbocycles. The van der Waals surface area contributed by atoms with Gasteiger partial charge in [0.1, 0.15) is 0 Å². The molecule has 0 unspecified atom stereocenters. The van der Waals surface area contributed by atoms with Gasteiger partial charge < -0.3 is 5.32 Å². The van der Waals surface area contributed by atoms with Crippen molar-refractivity contribution in [3.63, 3.8) is 0 Å². The Morgan fingerprint density at radius 3 is 2.17 bits per heavy atom. The lowest BCUT2D eigenvalue weighted by molar-refractivity contribution is 0.596. The first-order valence-corrected chi connectivity index (χ1v) is 10.6. The summed E-state index contributed by atoms with van der Waals surface area (Å²) in [6.45, 7) is 2.13. The zero-order chi connectivity index (χ0) is 17.8. The molecule has 6 nitrogen and oxygen atoms in total. The summed E-state index contributed by atoms with van der Waals surface area (Å²) < 4.78 is 46.6. The molecule has 0 aliphatic rings.